The summed E-state index contributed by atoms with van der Waals surface area (Å²) < 4.78 is 5.46. The molecule has 1 unspecified atom stereocenters. The summed E-state index contributed by atoms with van der Waals surface area (Å²) >= 11 is 1.78. The molecule has 114 valence electrons. The topological polar surface area (TPSA) is 38.5 Å². The largest absolute Gasteiger partial charge is 0.496 e. The third-order valence-electron chi connectivity index (χ3n) is 4.10. The van der Waals surface area contributed by atoms with E-state index < -0.39 is 0 Å². The summed E-state index contributed by atoms with van der Waals surface area (Å²) in [5, 5.41) is 2.11. The van der Waals surface area contributed by atoms with Crippen LogP contribution in [0.25, 0.3) is 0 Å². The van der Waals surface area contributed by atoms with Crippen LogP contribution >= 0.6 is 11.3 Å². The molecule has 21 heavy (non-hydrogen) atoms. The monoisotopic (exact) mass is 304 g/mol. The lowest BCUT2D eigenvalue weighted by Crippen LogP contribution is -2.50. The van der Waals surface area contributed by atoms with Gasteiger partial charge in [-0.15, -0.1) is 11.3 Å². The van der Waals surface area contributed by atoms with Gasteiger partial charge in [-0.1, -0.05) is 24.3 Å². The highest BCUT2D eigenvalue weighted by Gasteiger charge is 2.29. The van der Waals surface area contributed by atoms with Crippen LogP contribution in [0.5, 0.6) is 5.75 Å². The number of likely N-dealkylation sites (N-methyl/N-ethyl adjacent to an activating group) is 1. The van der Waals surface area contributed by atoms with Crippen molar-refractivity contribution in [3.05, 3.63) is 52.2 Å². The van der Waals surface area contributed by atoms with Gasteiger partial charge in [0.1, 0.15) is 5.75 Å². The van der Waals surface area contributed by atoms with Crippen molar-refractivity contribution in [1.29, 1.82) is 0 Å². The number of hydrogen-bond acceptors (Lipinski definition) is 4. The van der Waals surface area contributed by atoms with Crippen molar-refractivity contribution < 1.29 is 4.74 Å². The molecule has 2 N–H and O–H groups in total. The Balaban J connectivity index is 2.16. The summed E-state index contributed by atoms with van der Waals surface area (Å²) in [7, 11) is 3.86. The molecular formula is C17H24N2OS. The molecule has 0 aliphatic carbocycles. The molecule has 1 aromatic heterocycles. The predicted octanol–water partition coefficient (Wildman–Crippen LogP) is 3.15. The zero-order chi connectivity index (χ0) is 15.3. The second kappa shape index (κ2) is 7.07. The Morgan fingerprint density at radius 2 is 2.00 bits per heavy atom. The van der Waals surface area contributed by atoms with E-state index in [1.807, 2.05) is 18.2 Å². The molecule has 1 atom stereocenters. The number of nitrogens with zero attached hydrogens (tertiary/aromatic N) is 1. The molecule has 0 aliphatic rings. The molecule has 0 amide bonds. The molecule has 0 spiro atoms. The summed E-state index contributed by atoms with van der Waals surface area (Å²) in [5.74, 6) is 0.932. The molecule has 0 bridgehead atoms. The zero-order valence-corrected chi connectivity index (χ0v) is 13.8. The third-order valence-corrected chi connectivity index (χ3v) is 4.96. The lowest BCUT2D eigenvalue weighted by atomic mass is 9.90. The van der Waals surface area contributed by atoms with Crippen LogP contribution in [0.4, 0.5) is 0 Å². The quantitative estimate of drug-likeness (QED) is 0.854. The lowest BCUT2D eigenvalue weighted by molar-refractivity contribution is 0.136. The Hall–Kier alpha value is -1.36. The molecule has 0 saturated heterocycles. The Bertz CT molecular complexity index is 556. The van der Waals surface area contributed by atoms with Gasteiger partial charge in [0.25, 0.3) is 0 Å². The number of benzene rings is 1. The number of ether oxygens (including phenoxy) is 1. The van der Waals surface area contributed by atoms with E-state index in [9.17, 15) is 0 Å². The maximum atomic E-state index is 6.10. The minimum absolute atomic E-state index is 0.0986. The average molecular weight is 304 g/mol. The van der Waals surface area contributed by atoms with Crippen molar-refractivity contribution in [2.24, 2.45) is 5.73 Å². The second-order valence-corrected chi connectivity index (χ2v) is 6.66. The van der Waals surface area contributed by atoms with E-state index >= 15 is 0 Å². The first-order chi connectivity index (χ1) is 10.1. The number of nitrogens with two attached hydrogens (primary N) is 1. The Labute approximate surface area is 131 Å². The van der Waals surface area contributed by atoms with Crippen molar-refractivity contribution in [3.63, 3.8) is 0 Å². The van der Waals surface area contributed by atoms with Crippen LogP contribution in [0.1, 0.15) is 17.4 Å². The molecule has 0 radical (unpaired) electrons. The Morgan fingerprint density at radius 1 is 1.24 bits per heavy atom. The van der Waals surface area contributed by atoms with Crippen molar-refractivity contribution in [3.8, 4) is 5.75 Å². The predicted molar refractivity (Wildman–Crippen MR) is 89.9 cm³/mol. The average Bonchev–Trinajstić information content (AvgIpc) is 3.00. The van der Waals surface area contributed by atoms with E-state index in [2.05, 4.69) is 42.5 Å². The molecule has 0 fully saturated rings. The molecule has 3 nitrogen and oxygen atoms in total. The normalized spacial score (nSPS) is 14.1. The van der Waals surface area contributed by atoms with Gasteiger partial charge in [-0.3, -0.25) is 4.90 Å². The molecule has 1 aromatic carbocycles. The van der Waals surface area contributed by atoms with Gasteiger partial charge in [-0.25, -0.2) is 0 Å². The highest BCUT2D eigenvalue weighted by Crippen LogP contribution is 2.27. The van der Waals surface area contributed by atoms with Crippen LogP contribution in [0.15, 0.2) is 41.8 Å². The number of thiophene rings is 1. The van der Waals surface area contributed by atoms with E-state index in [4.69, 9.17) is 10.5 Å². The van der Waals surface area contributed by atoms with Crippen LogP contribution in [0.2, 0.25) is 0 Å². The molecular weight excluding hydrogens is 280 g/mol. The molecule has 2 aromatic rings. The molecule has 0 saturated carbocycles. The van der Waals surface area contributed by atoms with E-state index in [0.717, 1.165) is 18.7 Å². The summed E-state index contributed by atoms with van der Waals surface area (Å²) in [5.41, 5.74) is 7.20. The summed E-state index contributed by atoms with van der Waals surface area (Å²) in [6, 6.07) is 12.4. The van der Waals surface area contributed by atoms with Crippen LogP contribution in [-0.2, 0) is 13.0 Å². The summed E-state index contributed by atoms with van der Waals surface area (Å²) in [6.07, 6.45) is 0.870. The fourth-order valence-corrected chi connectivity index (χ4v) is 3.21. The Morgan fingerprint density at radius 3 is 2.62 bits per heavy atom. The third kappa shape index (κ3) is 3.84. The van der Waals surface area contributed by atoms with Gasteiger partial charge >= 0.3 is 0 Å². The standard InChI is InChI=1S/C17H24N2OS/c1-17(13-18,19(2)12-15-8-6-10-21-15)11-14-7-4-5-9-16(14)20-3/h4-10H,11-13,18H2,1-3H3. The first-order valence-corrected chi connectivity index (χ1v) is 8.02. The van der Waals surface area contributed by atoms with E-state index in [1.165, 1.54) is 10.4 Å². The number of methoxy groups -OCH3 is 1. The first kappa shape index (κ1) is 16.0. The first-order valence-electron chi connectivity index (χ1n) is 7.14. The van der Waals surface area contributed by atoms with Crippen molar-refractivity contribution >= 4 is 11.3 Å². The fourth-order valence-electron chi connectivity index (χ4n) is 2.45. The summed E-state index contributed by atoms with van der Waals surface area (Å²) in [6.45, 7) is 3.74. The van der Waals surface area contributed by atoms with Gasteiger partial charge in [0.2, 0.25) is 0 Å². The van der Waals surface area contributed by atoms with Crippen LogP contribution in [0.3, 0.4) is 0 Å². The lowest BCUT2D eigenvalue weighted by Gasteiger charge is -2.38. The van der Waals surface area contributed by atoms with Gasteiger partial charge in [0.05, 0.1) is 7.11 Å². The van der Waals surface area contributed by atoms with Gasteiger partial charge in [0.15, 0.2) is 0 Å². The SMILES string of the molecule is COc1ccccc1CC(C)(CN)N(C)Cc1cccs1. The van der Waals surface area contributed by atoms with E-state index in [0.29, 0.717) is 6.54 Å². The van der Waals surface area contributed by atoms with Crippen molar-refractivity contribution in [2.45, 2.75) is 25.4 Å². The molecule has 4 heteroatoms. The van der Waals surface area contributed by atoms with Gasteiger partial charge < -0.3 is 10.5 Å². The Kier molecular flexibility index (Phi) is 5.39. The van der Waals surface area contributed by atoms with Crippen molar-refractivity contribution in [2.75, 3.05) is 20.7 Å². The minimum Gasteiger partial charge on any atom is -0.496 e. The maximum absolute atomic E-state index is 6.10. The number of hydrogen-bond donors (Lipinski definition) is 1. The van der Waals surface area contributed by atoms with Gasteiger partial charge in [-0.2, -0.15) is 0 Å². The smallest absolute Gasteiger partial charge is 0.122 e. The number of rotatable bonds is 7. The van der Waals surface area contributed by atoms with Gasteiger partial charge in [0, 0.05) is 23.5 Å². The fraction of sp³-hybridized carbons (Fsp3) is 0.412. The maximum Gasteiger partial charge on any atom is 0.122 e. The summed E-state index contributed by atoms with van der Waals surface area (Å²) in [4.78, 5) is 3.70. The van der Waals surface area contributed by atoms with E-state index in [-0.39, 0.29) is 5.54 Å². The number of para-hydroxylation sites is 1. The highest BCUT2D eigenvalue weighted by molar-refractivity contribution is 7.09. The van der Waals surface area contributed by atoms with E-state index in [1.54, 1.807) is 18.4 Å². The van der Waals surface area contributed by atoms with Crippen molar-refractivity contribution in [1.82, 2.24) is 4.90 Å². The molecule has 1 heterocycles. The zero-order valence-electron chi connectivity index (χ0n) is 13.0. The van der Waals surface area contributed by atoms with Crippen LogP contribution < -0.4 is 10.5 Å². The van der Waals surface area contributed by atoms with Crippen LogP contribution in [0, 0.1) is 0 Å². The minimum atomic E-state index is -0.0986. The molecule has 2 rings (SSSR count). The van der Waals surface area contributed by atoms with Gasteiger partial charge in [-0.05, 0) is 43.5 Å². The molecule has 0 aliphatic heterocycles. The van der Waals surface area contributed by atoms with Crippen LogP contribution in [-0.4, -0.2) is 31.1 Å². The highest BCUT2D eigenvalue weighted by atomic mass is 32.1. The second-order valence-electron chi connectivity index (χ2n) is 5.63.